The van der Waals surface area contributed by atoms with Crippen LogP contribution in [-0.2, 0) is 14.4 Å². The number of rotatable bonds is 7. The van der Waals surface area contributed by atoms with Gasteiger partial charge in [0.25, 0.3) is 0 Å². The van der Waals surface area contributed by atoms with Crippen LogP contribution in [0.1, 0.15) is 39.0 Å². The molecule has 4 N–H and O–H groups in total. The minimum absolute atomic E-state index is 0.0735. The van der Waals surface area contributed by atoms with Gasteiger partial charge in [0.1, 0.15) is 6.04 Å². The van der Waals surface area contributed by atoms with E-state index >= 15 is 0 Å². The van der Waals surface area contributed by atoms with Crippen molar-refractivity contribution in [2.45, 2.75) is 51.1 Å². The maximum Gasteiger partial charge on any atom is 0.249 e. The Kier molecular flexibility index (Phi) is 7.22. The van der Waals surface area contributed by atoms with E-state index in [-0.39, 0.29) is 24.3 Å². The summed E-state index contributed by atoms with van der Waals surface area (Å²) in [5.41, 5.74) is 1.38. The van der Waals surface area contributed by atoms with Crippen LogP contribution in [0.5, 0.6) is 0 Å². The summed E-state index contributed by atoms with van der Waals surface area (Å²) in [5.74, 6) is -0.113. The molecule has 0 bridgehead atoms. The number of anilines is 2. The van der Waals surface area contributed by atoms with E-state index in [4.69, 9.17) is 5.11 Å². The van der Waals surface area contributed by atoms with E-state index in [1.807, 2.05) is 18.2 Å². The normalized spacial score (nSPS) is 25.4. The highest BCUT2D eigenvalue weighted by Gasteiger charge is 2.27. The predicted molar refractivity (Wildman–Crippen MR) is 110 cm³/mol. The first-order valence-electron chi connectivity index (χ1n) is 10.3. The predicted octanol–water partition coefficient (Wildman–Crippen LogP) is 1.33. The van der Waals surface area contributed by atoms with Gasteiger partial charge in [0.2, 0.25) is 17.7 Å². The molecule has 0 aliphatic carbocycles. The molecule has 3 amide bonds. The van der Waals surface area contributed by atoms with Gasteiger partial charge in [-0.25, -0.2) is 0 Å². The minimum Gasteiger partial charge on any atom is -0.396 e. The number of likely N-dealkylation sites (tertiary alicyclic amines) is 1. The molecule has 1 aromatic carbocycles. The maximum absolute atomic E-state index is 12.5. The van der Waals surface area contributed by atoms with Crippen molar-refractivity contribution >= 4 is 29.1 Å². The summed E-state index contributed by atoms with van der Waals surface area (Å²) in [6.07, 6.45) is 3.60. The summed E-state index contributed by atoms with van der Waals surface area (Å²) in [4.78, 5) is 37.8. The molecule has 3 rings (SSSR count). The molecule has 8 heteroatoms. The first-order chi connectivity index (χ1) is 13.9. The lowest BCUT2D eigenvalue weighted by molar-refractivity contribution is -0.133. The minimum atomic E-state index is -0.459. The molecule has 0 aromatic heterocycles. The summed E-state index contributed by atoms with van der Waals surface area (Å²) in [6.45, 7) is 3.54. The van der Waals surface area contributed by atoms with Crippen LogP contribution in [0.2, 0.25) is 0 Å². The quantitative estimate of drug-likeness (QED) is 0.512. The molecule has 8 nitrogen and oxygen atoms in total. The highest BCUT2D eigenvalue weighted by Crippen LogP contribution is 2.25. The van der Waals surface area contributed by atoms with Gasteiger partial charge in [-0.05, 0) is 63.3 Å². The Morgan fingerprint density at radius 3 is 2.79 bits per heavy atom. The third-order valence-electron chi connectivity index (χ3n) is 5.73. The molecule has 2 fully saturated rings. The lowest BCUT2D eigenvalue weighted by Gasteiger charge is -2.37. The Hall–Kier alpha value is -2.45. The molecule has 0 saturated carbocycles. The fourth-order valence-electron chi connectivity index (χ4n) is 4.10. The van der Waals surface area contributed by atoms with Crippen LogP contribution in [0.15, 0.2) is 24.3 Å². The maximum atomic E-state index is 12.5. The Balaban J connectivity index is 1.51. The lowest BCUT2D eigenvalue weighted by atomic mass is 9.89. The zero-order chi connectivity index (χ0) is 20.8. The molecule has 29 heavy (non-hydrogen) atoms. The number of imide groups is 1. The Bertz CT molecular complexity index is 754. The van der Waals surface area contributed by atoms with E-state index in [2.05, 4.69) is 27.8 Å². The number of benzene rings is 1. The second-order valence-corrected chi connectivity index (χ2v) is 8.00. The average Bonchev–Trinajstić information content (AvgIpc) is 2.67. The highest BCUT2D eigenvalue weighted by molar-refractivity contribution is 6.01. The van der Waals surface area contributed by atoms with E-state index in [1.54, 1.807) is 6.07 Å². The molecule has 1 unspecified atom stereocenters. The first-order valence-corrected chi connectivity index (χ1v) is 10.3. The number of aliphatic hydroxyl groups is 1. The molecule has 2 aliphatic heterocycles. The largest absolute Gasteiger partial charge is 0.396 e. The highest BCUT2D eigenvalue weighted by atomic mass is 16.3. The van der Waals surface area contributed by atoms with Crippen LogP contribution in [-0.4, -0.2) is 59.5 Å². The van der Waals surface area contributed by atoms with E-state index in [9.17, 15) is 14.4 Å². The third-order valence-corrected chi connectivity index (χ3v) is 5.73. The number of nitrogens with one attached hydrogen (secondary N) is 3. The second-order valence-electron chi connectivity index (χ2n) is 8.00. The number of hydrogen-bond acceptors (Lipinski definition) is 6. The van der Waals surface area contributed by atoms with Gasteiger partial charge in [0.05, 0.1) is 6.54 Å². The van der Waals surface area contributed by atoms with E-state index in [0.717, 1.165) is 31.5 Å². The van der Waals surface area contributed by atoms with Crippen molar-refractivity contribution in [3.8, 4) is 0 Å². The van der Waals surface area contributed by atoms with Gasteiger partial charge in [0, 0.05) is 30.4 Å². The summed E-state index contributed by atoms with van der Waals surface area (Å²) in [7, 11) is 0. The number of aliphatic hydroxyl groups excluding tert-OH is 1. The van der Waals surface area contributed by atoms with Crippen LogP contribution in [0.4, 0.5) is 11.4 Å². The molecule has 2 heterocycles. The smallest absolute Gasteiger partial charge is 0.249 e. The topological polar surface area (TPSA) is 111 Å². The number of carbonyl (C=O) groups excluding carboxylic acids is 3. The Morgan fingerprint density at radius 2 is 2.07 bits per heavy atom. The van der Waals surface area contributed by atoms with Crippen molar-refractivity contribution in [3.63, 3.8) is 0 Å². The molecular weight excluding hydrogens is 372 g/mol. The van der Waals surface area contributed by atoms with Crippen molar-refractivity contribution in [3.05, 3.63) is 24.3 Å². The fraction of sp³-hybridized carbons (Fsp3) is 0.571. The van der Waals surface area contributed by atoms with E-state index < -0.39 is 6.04 Å². The van der Waals surface area contributed by atoms with Crippen LogP contribution >= 0.6 is 0 Å². The second kappa shape index (κ2) is 9.84. The monoisotopic (exact) mass is 402 g/mol. The zero-order valence-electron chi connectivity index (χ0n) is 16.8. The van der Waals surface area contributed by atoms with Crippen LogP contribution in [0, 0.1) is 5.92 Å². The third kappa shape index (κ3) is 6.01. The number of amides is 3. The molecule has 158 valence electrons. The number of piperidine rings is 2. The standard InChI is InChI=1S/C21H30N4O4/c1-14-11-15(8-10-26)7-9-25(14)13-20(28)23-17-4-2-3-16(12-17)22-18-5-6-19(27)24-21(18)29/h2-4,12,14-15,18,22,26H,5-11,13H2,1H3,(H,23,28)(H,24,27,29)/t14-,15-,18?/m1/s1. The average molecular weight is 402 g/mol. The summed E-state index contributed by atoms with van der Waals surface area (Å²) in [5, 5.41) is 17.5. The van der Waals surface area contributed by atoms with Crippen LogP contribution in [0.3, 0.4) is 0 Å². The Labute approximate surface area is 171 Å². The number of nitrogens with zero attached hydrogens (tertiary/aromatic N) is 1. The van der Waals surface area contributed by atoms with Crippen molar-refractivity contribution in [1.82, 2.24) is 10.2 Å². The van der Waals surface area contributed by atoms with E-state index in [1.165, 1.54) is 0 Å². The van der Waals surface area contributed by atoms with Gasteiger partial charge in [-0.15, -0.1) is 0 Å². The van der Waals surface area contributed by atoms with Crippen molar-refractivity contribution in [1.29, 1.82) is 0 Å². The zero-order valence-corrected chi connectivity index (χ0v) is 16.8. The first kappa shape index (κ1) is 21.3. The van der Waals surface area contributed by atoms with E-state index in [0.29, 0.717) is 37.0 Å². The Morgan fingerprint density at radius 1 is 1.28 bits per heavy atom. The summed E-state index contributed by atoms with van der Waals surface area (Å²) >= 11 is 0. The van der Waals surface area contributed by atoms with Crippen LogP contribution in [0.25, 0.3) is 0 Å². The van der Waals surface area contributed by atoms with Crippen LogP contribution < -0.4 is 16.0 Å². The SMILES string of the molecule is C[C@@H]1C[C@@H](CCO)CCN1CC(=O)Nc1cccc(NC2CCC(=O)NC2=O)c1. The molecule has 0 spiro atoms. The summed E-state index contributed by atoms with van der Waals surface area (Å²) < 4.78 is 0. The lowest BCUT2D eigenvalue weighted by Crippen LogP contribution is -2.47. The molecule has 2 saturated heterocycles. The van der Waals surface area contributed by atoms with Gasteiger partial charge in [-0.1, -0.05) is 6.07 Å². The molecular formula is C21H30N4O4. The molecule has 1 aromatic rings. The summed E-state index contributed by atoms with van der Waals surface area (Å²) in [6, 6.07) is 7.09. The van der Waals surface area contributed by atoms with Gasteiger partial charge >= 0.3 is 0 Å². The molecule has 2 aliphatic rings. The molecule has 3 atom stereocenters. The van der Waals surface area contributed by atoms with Gasteiger partial charge in [-0.3, -0.25) is 24.6 Å². The van der Waals surface area contributed by atoms with Gasteiger partial charge in [-0.2, -0.15) is 0 Å². The number of carbonyl (C=O) groups is 3. The fourth-order valence-corrected chi connectivity index (χ4v) is 4.10. The number of hydrogen-bond donors (Lipinski definition) is 4. The van der Waals surface area contributed by atoms with Gasteiger partial charge in [0.15, 0.2) is 0 Å². The van der Waals surface area contributed by atoms with Crippen molar-refractivity contribution in [2.75, 3.05) is 30.3 Å². The van der Waals surface area contributed by atoms with Crippen molar-refractivity contribution in [2.24, 2.45) is 5.92 Å². The van der Waals surface area contributed by atoms with Gasteiger partial charge < -0.3 is 15.7 Å². The molecule has 0 radical (unpaired) electrons. The van der Waals surface area contributed by atoms with Crippen molar-refractivity contribution < 1.29 is 19.5 Å².